The minimum Gasteiger partial charge on any atom is -0.726 e. The van der Waals surface area contributed by atoms with Gasteiger partial charge in [0.1, 0.15) is 0 Å². The van der Waals surface area contributed by atoms with Crippen LogP contribution in [0, 0.1) is 38.5 Å². The fourth-order valence-electron chi connectivity index (χ4n) is 2.34. The topological polar surface area (TPSA) is 0 Å². The van der Waals surface area contributed by atoms with Crippen LogP contribution in [0.5, 0.6) is 0 Å². The van der Waals surface area contributed by atoms with E-state index in [9.17, 15) is 0 Å². The van der Waals surface area contributed by atoms with E-state index in [0.717, 1.165) is 0 Å². The van der Waals surface area contributed by atoms with Gasteiger partial charge in [-0.1, -0.05) is 60.7 Å². The average molecular weight is 304 g/mol. The Hall–Kier alpha value is -1.11. The first-order valence-electron chi connectivity index (χ1n) is 6.82. The van der Waals surface area contributed by atoms with Crippen molar-refractivity contribution in [2.45, 2.75) is 0 Å². The molecule has 0 bridgehead atoms. The molecule has 0 amide bonds. The van der Waals surface area contributed by atoms with Gasteiger partial charge in [0.25, 0.3) is 0 Å². The molecule has 1 aliphatic rings. The van der Waals surface area contributed by atoms with Crippen molar-refractivity contribution in [3.05, 3.63) is 99.2 Å². The van der Waals surface area contributed by atoms with Gasteiger partial charge < -0.3 is 38.5 Å². The molecule has 0 unspecified atom stereocenters. The maximum absolute atomic E-state index is 2.18. The Morgan fingerprint density at radius 1 is 0.429 bits per heavy atom. The van der Waals surface area contributed by atoms with Crippen LogP contribution in [0.1, 0.15) is 0 Å². The summed E-state index contributed by atoms with van der Waals surface area (Å²) in [5, 5.41) is 5.30. The predicted molar refractivity (Wildman–Crippen MR) is 87.3 cm³/mol. The van der Waals surface area contributed by atoms with E-state index < -0.39 is 0 Å². The molecule has 0 radical (unpaired) electrons. The third-order valence-electron chi connectivity index (χ3n) is 3.32. The summed E-state index contributed by atoms with van der Waals surface area (Å²) in [6.07, 6.45) is 12.0. The fourth-order valence-corrected chi connectivity index (χ4v) is 2.34. The minimum absolute atomic E-state index is 0. The molecule has 3 aromatic carbocycles. The van der Waals surface area contributed by atoms with Gasteiger partial charge in [0.2, 0.25) is 0 Å². The molecule has 0 N–H and O–H groups in total. The molecule has 4 rings (SSSR count). The van der Waals surface area contributed by atoms with Crippen LogP contribution in [0.15, 0.2) is 60.7 Å². The van der Waals surface area contributed by atoms with Gasteiger partial charge in [-0.3, -0.25) is 0 Å². The van der Waals surface area contributed by atoms with E-state index in [4.69, 9.17) is 0 Å². The first-order chi connectivity index (χ1) is 9.95. The van der Waals surface area contributed by atoms with E-state index in [1.54, 1.807) is 0 Å². The van der Waals surface area contributed by atoms with Crippen LogP contribution in [-0.2, 0) is 21.7 Å². The number of fused-ring (bicyclic) bond motifs is 3. The quantitative estimate of drug-likeness (QED) is 0.303. The summed E-state index contributed by atoms with van der Waals surface area (Å²) in [6, 6.07) is 21.4. The smallest absolute Gasteiger partial charge is 0 e. The van der Waals surface area contributed by atoms with E-state index in [1.165, 1.54) is 21.5 Å². The summed E-state index contributed by atoms with van der Waals surface area (Å²) in [4.78, 5) is 0. The van der Waals surface area contributed by atoms with Crippen molar-refractivity contribution in [3.8, 4) is 0 Å². The molecule has 0 saturated heterocycles. The second kappa shape index (κ2) is 8.36. The molecule has 0 spiro atoms. The standard InChI is InChI=1S/C14H10.C6H6.Ti/c1-3-7-13-11(5-1)9-10-12-6-2-4-8-14(12)13;1-2-4-6-5-3-1;/h1-10H;1-6H;/q;-6;. The molecular formula is C20H16Ti-6. The molecule has 0 aromatic heterocycles. The molecule has 0 aliphatic heterocycles. The summed E-state index contributed by atoms with van der Waals surface area (Å²) in [7, 11) is 0. The fraction of sp³-hybridized carbons (Fsp3) is 0. The second-order valence-corrected chi connectivity index (χ2v) is 4.66. The molecular weight excluding hydrogens is 288 g/mol. The number of hydrogen-bond donors (Lipinski definition) is 0. The van der Waals surface area contributed by atoms with Crippen molar-refractivity contribution < 1.29 is 21.7 Å². The van der Waals surface area contributed by atoms with E-state index >= 15 is 0 Å². The zero-order valence-electron chi connectivity index (χ0n) is 11.7. The summed E-state index contributed by atoms with van der Waals surface area (Å²) < 4.78 is 0. The number of benzene rings is 3. The zero-order valence-corrected chi connectivity index (χ0v) is 13.3. The molecule has 3 aromatic rings. The predicted octanol–water partition coefficient (Wildman–Crippen LogP) is 5.22. The van der Waals surface area contributed by atoms with Crippen molar-refractivity contribution in [2.24, 2.45) is 0 Å². The van der Waals surface area contributed by atoms with Gasteiger partial charge in [-0.2, -0.15) is 0 Å². The molecule has 1 fully saturated rings. The van der Waals surface area contributed by atoms with Crippen molar-refractivity contribution in [1.29, 1.82) is 0 Å². The second-order valence-electron chi connectivity index (χ2n) is 4.66. The molecule has 1 aliphatic carbocycles. The monoisotopic (exact) mass is 304 g/mol. The molecule has 1 saturated carbocycles. The largest absolute Gasteiger partial charge is 0.726 e. The van der Waals surface area contributed by atoms with E-state index in [0.29, 0.717) is 0 Å². The van der Waals surface area contributed by atoms with Crippen LogP contribution < -0.4 is 0 Å². The molecule has 0 nitrogen and oxygen atoms in total. The van der Waals surface area contributed by atoms with Crippen LogP contribution in [0.2, 0.25) is 0 Å². The van der Waals surface area contributed by atoms with Gasteiger partial charge in [0.15, 0.2) is 0 Å². The van der Waals surface area contributed by atoms with Crippen LogP contribution in [-0.4, -0.2) is 0 Å². The summed E-state index contributed by atoms with van der Waals surface area (Å²) >= 11 is 0. The van der Waals surface area contributed by atoms with Gasteiger partial charge in [-0.25, -0.2) is 0 Å². The summed E-state index contributed by atoms with van der Waals surface area (Å²) in [5.74, 6) is 0. The zero-order chi connectivity index (χ0) is 13.6. The molecule has 0 atom stereocenters. The Labute approximate surface area is 142 Å². The third kappa shape index (κ3) is 4.19. The number of rotatable bonds is 0. The molecule has 21 heavy (non-hydrogen) atoms. The molecule has 106 valence electrons. The Morgan fingerprint density at radius 2 is 0.762 bits per heavy atom. The maximum atomic E-state index is 2.18. The first kappa shape index (κ1) is 16.3. The Balaban J connectivity index is 0.000000197. The molecule has 1 heteroatoms. The van der Waals surface area contributed by atoms with Gasteiger partial charge in [-0.05, 0) is 21.5 Å². The SMILES string of the molecule is [CH-]1[CH-][CH-][CH-][CH-][CH-]1.[Ti].c1ccc2c(c1)ccc1ccccc12. The Morgan fingerprint density at radius 3 is 1.14 bits per heavy atom. The van der Waals surface area contributed by atoms with Crippen LogP contribution >= 0.6 is 0 Å². The van der Waals surface area contributed by atoms with Gasteiger partial charge in [0.05, 0.1) is 0 Å². The number of hydrogen-bond acceptors (Lipinski definition) is 0. The third-order valence-corrected chi connectivity index (χ3v) is 3.32. The van der Waals surface area contributed by atoms with Gasteiger partial charge in [0, 0.05) is 21.7 Å². The summed E-state index contributed by atoms with van der Waals surface area (Å²) in [5.41, 5.74) is 0. The van der Waals surface area contributed by atoms with Crippen LogP contribution in [0.4, 0.5) is 0 Å². The van der Waals surface area contributed by atoms with Crippen molar-refractivity contribution >= 4 is 21.5 Å². The van der Waals surface area contributed by atoms with E-state index in [2.05, 4.69) is 60.7 Å². The van der Waals surface area contributed by atoms with Crippen LogP contribution in [0.25, 0.3) is 21.5 Å². The van der Waals surface area contributed by atoms with Crippen molar-refractivity contribution in [1.82, 2.24) is 0 Å². The van der Waals surface area contributed by atoms with E-state index in [-0.39, 0.29) is 21.7 Å². The Bertz CT molecular complexity index is 617. The van der Waals surface area contributed by atoms with Crippen molar-refractivity contribution in [2.75, 3.05) is 0 Å². The first-order valence-corrected chi connectivity index (χ1v) is 6.82. The van der Waals surface area contributed by atoms with Gasteiger partial charge in [-0.15, -0.1) is 0 Å². The summed E-state index contributed by atoms with van der Waals surface area (Å²) in [6.45, 7) is 0. The average Bonchev–Trinajstić information content (AvgIpc) is 2.57. The normalized spacial score (nSPS) is 14.1. The molecule has 0 heterocycles. The Kier molecular flexibility index (Phi) is 6.48. The van der Waals surface area contributed by atoms with Crippen molar-refractivity contribution in [3.63, 3.8) is 0 Å². The van der Waals surface area contributed by atoms with Gasteiger partial charge >= 0.3 is 0 Å². The maximum Gasteiger partial charge on any atom is 0 e. The minimum atomic E-state index is 0. The van der Waals surface area contributed by atoms with E-state index in [1.807, 2.05) is 38.5 Å². The van der Waals surface area contributed by atoms with Crippen LogP contribution in [0.3, 0.4) is 0 Å².